The molecule has 0 aliphatic carbocycles. The lowest BCUT2D eigenvalue weighted by Gasteiger charge is -2.27. The van der Waals surface area contributed by atoms with Crippen LogP contribution in [0.15, 0.2) is 42.7 Å². The molecule has 4 rings (SSSR count). The lowest BCUT2D eigenvalue weighted by atomic mass is 10.0. The molecule has 128 valence electrons. The van der Waals surface area contributed by atoms with E-state index in [-0.39, 0.29) is 12.1 Å². The third kappa shape index (κ3) is 3.23. The minimum absolute atomic E-state index is 0.0944. The van der Waals surface area contributed by atoms with Gasteiger partial charge in [-0.3, -0.25) is 14.9 Å². The molecule has 1 fully saturated rings. The molecule has 0 radical (unpaired) electrons. The maximum absolute atomic E-state index is 14.6. The average molecular weight is 341 g/mol. The van der Waals surface area contributed by atoms with E-state index in [2.05, 4.69) is 9.97 Å². The highest BCUT2D eigenvalue weighted by Gasteiger charge is 2.18. The zero-order valence-electron chi connectivity index (χ0n) is 13.6. The van der Waals surface area contributed by atoms with E-state index in [4.69, 9.17) is 4.74 Å². The highest BCUT2D eigenvalue weighted by molar-refractivity contribution is 5.91. The fourth-order valence-corrected chi connectivity index (χ4v) is 3.12. The lowest BCUT2D eigenvalue weighted by molar-refractivity contribution is 0.0332. The van der Waals surface area contributed by atoms with E-state index in [0.29, 0.717) is 48.5 Å². The van der Waals surface area contributed by atoms with E-state index >= 15 is 0 Å². The molecule has 6 heteroatoms. The average Bonchev–Trinajstić information content (AvgIpc) is 2.65. The second kappa shape index (κ2) is 6.82. The first kappa shape index (κ1) is 16.1. The monoisotopic (exact) mass is 341 g/mol. The summed E-state index contributed by atoms with van der Waals surface area (Å²) in [6, 6.07) is 8.19. The quantitative estimate of drug-likeness (QED) is 0.732. The summed E-state index contributed by atoms with van der Waals surface area (Å²) >= 11 is 0. The molecule has 0 spiro atoms. The fraction of sp³-hybridized carbons (Fsp3) is 0.263. The van der Waals surface area contributed by atoms with E-state index < -0.39 is 11.6 Å². The molecule has 1 aliphatic heterocycles. The molecule has 0 N–H and O–H groups in total. The van der Waals surface area contributed by atoms with Crippen molar-refractivity contribution in [3.8, 4) is 11.1 Å². The predicted molar refractivity (Wildman–Crippen MR) is 91.0 cm³/mol. The zero-order valence-corrected chi connectivity index (χ0v) is 13.6. The third-order valence-corrected chi connectivity index (χ3v) is 4.44. The van der Waals surface area contributed by atoms with Crippen molar-refractivity contribution in [2.45, 2.75) is 6.54 Å². The van der Waals surface area contributed by atoms with E-state index in [1.54, 1.807) is 18.5 Å². The molecule has 4 nitrogen and oxygen atoms in total. The van der Waals surface area contributed by atoms with Gasteiger partial charge in [0.15, 0.2) is 0 Å². The highest BCUT2D eigenvalue weighted by Crippen LogP contribution is 2.29. The molecule has 3 aromatic rings. The number of ether oxygens (including phenoxy) is 1. The Bertz CT molecular complexity index is 882. The topological polar surface area (TPSA) is 38.2 Å². The summed E-state index contributed by atoms with van der Waals surface area (Å²) in [6.07, 6.45) is 3.17. The number of para-hydroxylation sites is 1. The normalized spacial score (nSPS) is 15.6. The number of hydrogen-bond acceptors (Lipinski definition) is 4. The zero-order chi connectivity index (χ0) is 17.2. The predicted octanol–water partition coefficient (Wildman–Crippen LogP) is 3.41. The summed E-state index contributed by atoms with van der Waals surface area (Å²) in [5.41, 5.74) is 2.55. The number of rotatable bonds is 3. The van der Waals surface area contributed by atoms with Gasteiger partial charge in [0.1, 0.15) is 11.6 Å². The maximum atomic E-state index is 14.6. The minimum atomic E-state index is -0.539. The van der Waals surface area contributed by atoms with Crippen molar-refractivity contribution in [3.63, 3.8) is 0 Å². The molecule has 2 heterocycles. The van der Waals surface area contributed by atoms with Crippen LogP contribution in [0.1, 0.15) is 5.56 Å². The Morgan fingerprint density at radius 3 is 2.48 bits per heavy atom. The van der Waals surface area contributed by atoms with Gasteiger partial charge in [0, 0.05) is 43.2 Å². The standard InChI is InChI=1S/C19H17F2N3O/c20-16-10-13(14-2-1-3-18-19(14)23-5-4-22-18)11-17(21)15(16)12-24-6-8-25-9-7-24/h1-5,10-11H,6-9,12H2. The molecule has 1 aliphatic rings. The second-order valence-electron chi connectivity index (χ2n) is 6.04. The van der Waals surface area contributed by atoms with Gasteiger partial charge in [-0.1, -0.05) is 12.1 Å². The van der Waals surface area contributed by atoms with Crippen LogP contribution in [0.25, 0.3) is 22.2 Å². The van der Waals surface area contributed by atoms with Crippen LogP contribution in [0.5, 0.6) is 0 Å². The fourth-order valence-electron chi connectivity index (χ4n) is 3.12. The van der Waals surface area contributed by atoms with Crippen LogP contribution >= 0.6 is 0 Å². The van der Waals surface area contributed by atoms with Crippen LogP contribution in [-0.4, -0.2) is 41.2 Å². The van der Waals surface area contributed by atoms with Gasteiger partial charge in [0.2, 0.25) is 0 Å². The molecular formula is C19H17F2N3O. The number of fused-ring (bicyclic) bond motifs is 1. The van der Waals surface area contributed by atoms with Crippen molar-refractivity contribution in [1.29, 1.82) is 0 Å². The van der Waals surface area contributed by atoms with Crippen molar-refractivity contribution in [1.82, 2.24) is 14.9 Å². The summed E-state index contributed by atoms with van der Waals surface area (Å²) in [5.74, 6) is -1.08. The number of nitrogens with zero attached hydrogens (tertiary/aromatic N) is 3. The van der Waals surface area contributed by atoms with Gasteiger partial charge >= 0.3 is 0 Å². The SMILES string of the molecule is Fc1cc(-c2cccc3nccnc23)cc(F)c1CN1CCOCC1. The van der Waals surface area contributed by atoms with Crippen LogP contribution in [0, 0.1) is 11.6 Å². The van der Waals surface area contributed by atoms with Crippen molar-refractivity contribution in [2.24, 2.45) is 0 Å². The molecule has 0 saturated carbocycles. The maximum Gasteiger partial charge on any atom is 0.131 e. The lowest BCUT2D eigenvalue weighted by Crippen LogP contribution is -2.36. The summed E-state index contributed by atoms with van der Waals surface area (Å²) in [7, 11) is 0. The van der Waals surface area contributed by atoms with Gasteiger partial charge in [-0.25, -0.2) is 8.78 Å². The highest BCUT2D eigenvalue weighted by atomic mass is 19.1. The van der Waals surface area contributed by atoms with Crippen LogP contribution in [0.4, 0.5) is 8.78 Å². The van der Waals surface area contributed by atoms with Gasteiger partial charge in [0.25, 0.3) is 0 Å². The Morgan fingerprint density at radius 1 is 1.00 bits per heavy atom. The largest absolute Gasteiger partial charge is 0.379 e. The number of morpholine rings is 1. The summed E-state index contributed by atoms with van der Waals surface area (Å²) in [4.78, 5) is 10.5. The van der Waals surface area contributed by atoms with Gasteiger partial charge < -0.3 is 4.74 Å². The first-order valence-electron chi connectivity index (χ1n) is 8.20. The molecule has 1 saturated heterocycles. The number of aromatic nitrogens is 2. The summed E-state index contributed by atoms with van der Waals surface area (Å²) < 4.78 is 34.5. The molecule has 0 unspecified atom stereocenters. The molecule has 0 atom stereocenters. The number of benzene rings is 2. The van der Waals surface area contributed by atoms with Gasteiger partial charge in [-0.2, -0.15) is 0 Å². The molecule has 0 bridgehead atoms. The Kier molecular flexibility index (Phi) is 4.38. The Labute approximate surface area is 144 Å². The molecule has 25 heavy (non-hydrogen) atoms. The van der Waals surface area contributed by atoms with Gasteiger partial charge in [0.05, 0.1) is 24.2 Å². The van der Waals surface area contributed by atoms with Crippen molar-refractivity contribution in [3.05, 3.63) is 59.9 Å². The van der Waals surface area contributed by atoms with Gasteiger partial charge in [-0.05, 0) is 23.8 Å². The summed E-state index contributed by atoms with van der Waals surface area (Å²) in [5, 5.41) is 0. The first-order chi connectivity index (χ1) is 12.2. The molecule has 2 aromatic carbocycles. The van der Waals surface area contributed by atoms with Crippen LogP contribution < -0.4 is 0 Å². The van der Waals surface area contributed by atoms with E-state index in [0.717, 1.165) is 0 Å². The smallest absolute Gasteiger partial charge is 0.131 e. The Morgan fingerprint density at radius 2 is 1.72 bits per heavy atom. The third-order valence-electron chi connectivity index (χ3n) is 4.44. The number of halogens is 2. The molecule has 0 amide bonds. The van der Waals surface area contributed by atoms with Crippen molar-refractivity contribution >= 4 is 11.0 Å². The van der Waals surface area contributed by atoms with Crippen LogP contribution in [0.3, 0.4) is 0 Å². The Hall–Kier alpha value is -2.44. The Balaban J connectivity index is 1.72. The van der Waals surface area contributed by atoms with E-state index in [1.165, 1.54) is 12.1 Å². The van der Waals surface area contributed by atoms with Crippen molar-refractivity contribution in [2.75, 3.05) is 26.3 Å². The first-order valence-corrected chi connectivity index (χ1v) is 8.20. The van der Waals surface area contributed by atoms with Crippen LogP contribution in [0.2, 0.25) is 0 Å². The summed E-state index contributed by atoms with van der Waals surface area (Å²) in [6.45, 7) is 2.79. The van der Waals surface area contributed by atoms with Crippen molar-refractivity contribution < 1.29 is 13.5 Å². The minimum Gasteiger partial charge on any atom is -0.379 e. The second-order valence-corrected chi connectivity index (χ2v) is 6.04. The van der Waals surface area contributed by atoms with Crippen LogP contribution in [-0.2, 0) is 11.3 Å². The molecule has 1 aromatic heterocycles. The van der Waals surface area contributed by atoms with E-state index in [9.17, 15) is 8.78 Å². The van der Waals surface area contributed by atoms with Gasteiger partial charge in [-0.15, -0.1) is 0 Å². The number of hydrogen-bond donors (Lipinski definition) is 0. The molecular weight excluding hydrogens is 324 g/mol. The van der Waals surface area contributed by atoms with E-state index in [1.807, 2.05) is 17.0 Å².